The lowest BCUT2D eigenvalue weighted by Crippen LogP contribution is -2.01. The predicted octanol–water partition coefficient (Wildman–Crippen LogP) is 2.65. The van der Waals surface area contributed by atoms with Crippen LogP contribution in [0.5, 0.6) is 17.2 Å². The Morgan fingerprint density at radius 1 is 0.808 bits per heavy atom. The Morgan fingerprint density at radius 3 is 1.96 bits per heavy atom. The summed E-state index contributed by atoms with van der Waals surface area (Å²) in [6.45, 7) is 3.80. The molecule has 0 unspecified atom stereocenters. The summed E-state index contributed by atoms with van der Waals surface area (Å²) in [5, 5.41) is 10.0. The fraction of sp³-hybridized carbons (Fsp3) is 0.294. The van der Waals surface area contributed by atoms with E-state index in [2.05, 4.69) is 30.5 Å². The second kappa shape index (κ2) is 7.26. The first kappa shape index (κ1) is 17.5. The summed E-state index contributed by atoms with van der Waals surface area (Å²) in [7, 11) is 4.68. The van der Waals surface area contributed by atoms with Gasteiger partial charge < -0.3 is 14.2 Å². The lowest BCUT2D eigenvalue weighted by atomic mass is 10.1. The molecule has 0 aliphatic heterocycles. The average Bonchev–Trinajstić information content (AvgIpc) is 3.07. The van der Waals surface area contributed by atoms with Crippen LogP contribution in [0.15, 0.2) is 18.2 Å². The molecule has 0 radical (unpaired) electrons. The number of H-pyrrole nitrogens is 1. The molecule has 26 heavy (non-hydrogen) atoms. The normalized spacial score (nSPS) is 10.5. The minimum Gasteiger partial charge on any atom is -0.493 e. The zero-order valence-electron chi connectivity index (χ0n) is 15.2. The molecule has 1 aromatic carbocycles. The highest BCUT2D eigenvalue weighted by Gasteiger charge is 2.16. The van der Waals surface area contributed by atoms with Crippen molar-refractivity contribution in [1.29, 1.82) is 0 Å². The van der Waals surface area contributed by atoms with Crippen LogP contribution in [0, 0.1) is 13.8 Å². The first-order valence-electron chi connectivity index (χ1n) is 7.86. The van der Waals surface area contributed by atoms with Crippen LogP contribution in [-0.2, 0) is 0 Å². The maximum Gasteiger partial charge on any atom is 0.249 e. The largest absolute Gasteiger partial charge is 0.493 e. The van der Waals surface area contributed by atoms with Crippen molar-refractivity contribution < 1.29 is 14.2 Å². The van der Waals surface area contributed by atoms with E-state index in [1.807, 2.05) is 19.9 Å². The number of hydrogen-bond acceptors (Lipinski definition) is 8. The summed E-state index contributed by atoms with van der Waals surface area (Å²) in [5.41, 5.74) is 2.46. The SMILES string of the molecule is COc1cc(-c2nc(Nc3nc(C)cc(C)n3)n[nH]2)cc(OC)c1OC. The molecule has 9 nitrogen and oxygen atoms in total. The first-order chi connectivity index (χ1) is 12.5. The molecule has 0 bridgehead atoms. The van der Waals surface area contributed by atoms with Gasteiger partial charge in [0.1, 0.15) is 0 Å². The third-order valence-electron chi connectivity index (χ3n) is 3.63. The zero-order chi connectivity index (χ0) is 18.7. The molecule has 0 fully saturated rings. The van der Waals surface area contributed by atoms with Crippen LogP contribution in [0.3, 0.4) is 0 Å². The molecule has 0 atom stereocenters. The minimum absolute atomic E-state index is 0.360. The summed E-state index contributed by atoms with van der Waals surface area (Å²) in [6, 6.07) is 5.47. The van der Waals surface area contributed by atoms with E-state index in [9.17, 15) is 0 Å². The molecular weight excluding hydrogens is 336 g/mol. The lowest BCUT2D eigenvalue weighted by Gasteiger charge is -2.13. The third-order valence-corrected chi connectivity index (χ3v) is 3.63. The van der Waals surface area contributed by atoms with Gasteiger partial charge in [-0.05, 0) is 32.0 Å². The molecule has 0 aliphatic carbocycles. The molecule has 0 amide bonds. The van der Waals surface area contributed by atoms with Gasteiger partial charge in [0, 0.05) is 17.0 Å². The second-order valence-electron chi connectivity index (χ2n) is 5.52. The number of anilines is 2. The number of nitrogens with zero attached hydrogens (tertiary/aromatic N) is 4. The molecule has 0 aliphatic rings. The van der Waals surface area contributed by atoms with Crippen molar-refractivity contribution in [2.75, 3.05) is 26.6 Å². The summed E-state index contributed by atoms with van der Waals surface area (Å²) >= 11 is 0. The molecule has 0 spiro atoms. The van der Waals surface area contributed by atoms with Crippen molar-refractivity contribution in [3.05, 3.63) is 29.6 Å². The Bertz CT molecular complexity index is 879. The Balaban J connectivity index is 1.92. The van der Waals surface area contributed by atoms with E-state index in [1.165, 1.54) is 0 Å². The van der Waals surface area contributed by atoms with Gasteiger partial charge >= 0.3 is 0 Å². The van der Waals surface area contributed by atoms with E-state index in [-0.39, 0.29) is 0 Å². The number of benzene rings is 1. The van der Waals surface area contributed by atoms with Crippen molar-refractivity contribution in [2.24, 2.45) is 0 Å². The predicted molar refractivity (Wildman–Crippen MR) is 96.3 cm³/mol. The molecule has 136 valence electrons. The molecular formula is C17H20N6O3. The maximum atomic E-state index is 5.37. The van der Waals surface area contributed by atoms with Gasteiger partial charge in [-0.3, -0.25) is 10.4 Å². The molecule has 0 saturated heterocycles. The number of nitrogens with one attached hydrogen (secondary N) is 2. The van der Waals surface area contributed by atoms with Gasteiger partial charge in [-0.1, -0.05) is 0 Å². The van der Waals surface area contributed by atoms with Gasteiger partial charge in [-0.15, -0.1) is 5.10 Å². The standard InChI is InChI=1S/C17H20N6O3/c1-9-6-10(2)19-16(18-9)21-17-20-15(22-23-17)11-7-12(24-3)14(26-5)13(8-11)25-4/h6-8H,1-5H3,(H2,18,19,20,21,22,23). The van der Waals surface area contributed by atoms with E-state index >= 15 is 0 Å². The van der Waals surface area contributed by atoms with Crippen molar-refractivity contribution in [3.63, 3.8) is 0 Å². The van der Waals surface area contributed by atoms with E-state index < -0.39 is 0 Å². The molecule has 2 heterocycles. The van der Waals surface area contributed by atoms with E-state index in [0.717, 1.165) is 17.0 Å². The van der Waals surface area contributed by atoms with Gasteiger partial charge in [0.25, 0.3) is 0 Å². The van der Waals surface area contributed by atoms with Crippen LogP contribution >= 0.6 is 0 Å². The quantitative estimate of drug-likeness (QED) is 0.694. The van der Waals surface area contributed by atoms with Gasteiger partial charge in [-0.2, -0.15) is 4.98 Å². The van der Waals surface area contributed by atoms with Gasteiger partial charge in [-0.25, -0.2) is 9.97 Å². The monoisotopic (exact) mass is 356 g/mol. The fourth-order valence-electron chi connectivity index (χ4n) is 2.55. The Hall–Kier alpha value is -3.36. The van der Waals surface area contributed by atoms with E-state index in [4.69, 9.17) is 14.2 Å². The van der Waals surface area contributed by atoms with Crippen LogP contribution in [0.25, 0.3) is 11.4 Å². The number of aromatic amines is 1. The Morgan fingerprint density at radius 2 is 1.42 bits per heavy atom. The van der Waals surface area contributed by atoms with Crippen LogP contribution in [0.4, 0.5) is 11.9 Å². The number of aromatic nitrogens is 5. The van der Waals surface area contributed by atoms with Crippen molar-refractivity contribution in [1.82, 2.24) is 25.1 Å². The number of hydrogen-bond donors (Lipinski definition) is 2. The smallest absolute Gasteiger partial charge is 0.249 e. The molecule has 3 rings (SSSR count). The van der Waals surface area contributed by atoms with Gasteiger partial charge in [0.05, 0.1) is 21.3 Å². The summed E-state index contributed by atoms with van der Waals surface area (Å²) in [5.74, 6) is 2.92. The first-order valence-corrected chi connectivity index (χ1v) is 7.86. The zero-order valence-corrected chi connectivity index (χ0v) is 15.2. The van der Waals surface area contributed by atoms with Gasteiger partial charge in [0.15, 0.2) is 17.3 Å². The summed E-state index contributed by atoms with van der Waals surface area (Å²) < 4.78 is 16.1. The second-order valence-corrected chi connectivity index (χ2v) is 5.52. The van der Waals surface area contributed by atoms with Crippen molar-refractivity contribution in [3.8, 4) is 28.6 Å². The van der Waals surface area contributed by atoms with Crippen molar-refractivity contribution >= 4 is 11.9 Å². The van der Waals surface area contributed by atoms with E-state index in [0.29, 0.717) is 35.0 Å². The lowest BCUT2D eigenvalue weighted by molar-refractivity contribution is 0.324. The highest BCUT2D eigenvalue weighted by Crippen LogP contribution is 2.40. The molecule has 2 N–H and O–H groups in total. The molecule has 3 aromatic rings. The Labute approximate surface area is 150 Å². The van der Waals surface area contributed by atoms with Crippen LogP contribution < -0.4 is 19.5 Å². The summed E-state index contributed by atoms with van der Waals surface area (Å²) in [6.07, 6.45) is 0. The van der Waals surface area contributed by atoms with Crippen molar-refractivity contribution in [2.45, 2.75) is 13.8 Å². The van der Waals surface area contributed by atoms with Crippen LogP contribution in [0.2, 0.25) is 0 Å². The number of aryl methyl sites for hydroxylation is 2. The molecule has 0 saturated carbocycles. The average molecular weight is 356 g/mol. The highest BCUT2D eigenvalue weighted by atomic mass is 16.5. The van der Waals surface area contributed by atoms with Crippen LogP contribution in [0.1, 0.15) is 11.4 Å². The summed E-state index contributed by atoms with van der Waals surface area (Å²) in [4.78, 5) is 13.1. The third kappa shape index (κ3) is 3.51. The Kier molecular flexibility index (Phi) is 4.87. The molecule has 9 heteroatoms. The maximum absolute atomic E-state index is 5.37. The van der Waals surface area contributed by atoms with Crippen LogP contribution in [-0.4, -0.2) is 46.5 Å². The topological polar surface area (TPSA) is 107 Å². The highest BCUT2D eigenvalue weighted by molar-refractivity contribution is 5.67. The number of rotatable bonds is 6. The fourth-order valence-corrected chi connectivity index (χ4v) is 2.55. The number of methoxy groups -OCH3 is 3. The molecule has 2 aromatic heterocycles. The minimum atomic E-state index is 0.360. The number of ether oxygens (including phenoxy) is 3. The van der Waals surface area contributed by atoms with E-state index in [1.54, 1.807) is 33.5 Å². The van der Waals surface area contributed by atoms with Gasteiger partial charge in [0.2, 0.25) is 17.6 Å².